The van der Waals surface area contributed by atoms with Gasteiger partial charge in [0.25, 0.3) is 0 Å². The third kappa shape index (κ3) is 6.24. The molecule has 1 fully saturated rings. The Morgan fingerprint density at radius 3 is 2.21 bits per heavy atom. The van der Waals surface area contributed by atoms with Crippen molar-refractivity contribution >= 4 is 27.5 Å². The van der Waals surface area contributed by atoms with Gasteiger partial charge in [-0.1, -0.05) is 78.3 Å². The lowest BCUT2D eigenvalue weighted by Crippen LogP contribution is -2.52. The summed E-state index contributed by atoms with van der Waals surface area (Å²) in [6.45, 7) is 1.42. The zero-order valence-corrected chi connectivity index (χ0v) is 20.2. The minimum Gasteiger partial charge on any atom is -0.355 e. The molecule has 8 heteroatoms. The largest absolute Gasteiger partial charge is 0.355 e. The van der Waals surface area contributed by atoms with Gasteiger partial charge in [0, 0.05) is 36.6 Å². The number of benzene rings is 3. The molecule has 0 bridgehead atoms. The average Bonchev–Trinajstić information content (AvgIpc) is 2.85. The maximum Gasteiger partial charge on any atom is 0.240 e. The lowest BCUT2D eigenvalue weighted by Gasteiger charge is -2.30. The van der Waals surface area contributed by atoms with E-state index in [2.05, 4.69) is 39.6 Å². The lowest BCUT2D eigenvalue weighted by atomic mass is 9.90. The fourth-order valence-corrected chi connectivity index (χ4v) is 5.85. The molecule has 3 aromatic rings. The quantitative estimate of drug-likeness (QED) is 0.444. The third-order valence-electron chi connectivity index (χ3n) is 6.03. The van der Waals surface area contributed by atoms with Gasteiger partial charge >= 0.3 is 0 Å². The van der Waals surface area contributed by atoms with Gasteiger partial charge in [-0.15, -0.1) is 0 Å². The molecule has 6 nitrogen and oxygen atoms in total. The number of carbonyl (C=O) groups excluding carboxylic acids is 1. The third-order valence-corrected chi connectivity index (χ3v) is 7.79. The van der Waals surface area contributed by atoms with Crippen LogP contribution in [0.15, 0.2) is 89.8 Å². The summed E-state index contributed by atoms with van der Waals surface area (Å²) in [7, 11) is -3.74. The Balaban J connectivity index is 1.40. The molecule has 2 atom stereocenters. The molecule has 4 rings (SSSR count). The highest BCUT2D eigenvalue weighted by Gasteiger charge is 2.30. The average molecular weight is 498 g/mol. The van der Waals surface area contributed by atoms with Gasteiger partial charge in [0.2, 0.25) is 15.9 Å². The Labute approximate surface area is 205 Å². The first-order valence-corrected chi connectivity index (χ1v) is 13.1. The predicted molar refractivity (Wildman–Crippen MR) is 134 cm³/mol. The van der Waals surface area contributed by atoms with Gasteiger partial charge in [-0.3, -0.25) is 4.79 Å². The SMILES string of the molecule is O=C(NCC(c1ccccc1)c1ccccc1)[C@@H]1CNC[C@H](NS(=O)(=O)c2cccc(Cl)c2)C1. The van der Waals surface area contributed by atoms with Crippen molar-refractivity contribution in [2.24, 2.45) is 5.92 Å². The number of piperidine rings is 1. The summed E-state index contributed by atoms with van der Waals surface area (Å²) in [4.78, 5) is 13.2. The Bertz CT molecular complexity index is 1170. The van der Waals surface area contributed by atoms with Gasteiger partial charge in [0.15, 0.2) is 0 Å². The lowest BCUT2D eigenvalue weighted by molar-refractivity contribution is -0.125. The fraction of sp³-hybridized carbons (Fsp3) is 0.269. The van der Waals surface area contributed by atoms with Crippen LogP contribution in [0.5, 0.6) is 0 Å². The van der Waals surface area contributed by atoms with Crippen LogP contribution in [0.2, 0.25) is 5.02 Å². The van der Waals surface area contributed by atoms with E-state index in [1.54, 1.807) is 12.1 Å². The number of rotatable bonds is 8. The summed E-state index contributed by atoms with van der Waals surface area (Å²) in [6.07, 6.45) is 0.417. The van der Waals surface area contributed by atoms with Crippen molar-refractivity contribution in [2.75, 3.05) is 19.6 Å². The topological polar surface area (TPSA) is 87.3 Å². The Kier molecular flexibility index (Phi) is 8.00. The van der Waals surface area contributed by atoms with E-state index in [9.17, 15) is 13.2 Å². The molecule has 0 saturated carbocycles. The fourth-order valence-electron chi connectivity index (χ4n) is 4.30. The van der Waals surface area contributed by atoms with Crippen LogP contribution in [0.25, 0.3) is 0 Å². The van der Waals surface area contributed by atoms with Crippen LogP contribution in [0.1, 0.15) is 23.5 Å². The van der Waals surface area contributed by atoms with E-state index in [0.29, 0.717) is 31.1 Å². The molecule has 3 N–H and O–H groups in total. The van der Waals surface area contributed by atoms with Crippen LogP contribution in [0, 0.1) is 5.92 Å². The van der Waals surface area contributed by atoms with Gasteiger partial charge < -0.3 is 10.6 Å². The van der Waals surface area contributed by atoms with E-state index in [4.69, 9.17) is 11.6 Å². The van der Waals surface area contributed by atoms with E-state index >= 15 is 0 Å². The molecule has 0 aromatic heterocycles. The summed E-state index contributed by atoms with van der Waals surface area (Å²) in [5, 5.41) is 6.64. The van der Waals surface area contributed by atoms with Crippen molar-refractivity contribution in [3.05, 3.63) is 101 Å². The highest BCUT2D eigenvalue weighted by atomic mass is 35.5. The summed E-state index contributed by atoms with van der Waals surface area (Å²) < 4.78 is 28.2. The predicted octanol–water partition coefficient (Wildman–Crippen LogP) is 3.54. The summed E-state index contributed by atoms with van der Waals surface area (Å²) in [5.41, 5.74) is 2.26. The highest BCUT2D eigenvalue weighted by molar-refractivity contribution is 7.89. The molecule has 3 aromatic carbocycles. The van der Waals surface area contributed by atoms with Gasteiger partial charge in [-0.05, 0) is 35.7 Å². The summed E-state index contributed by atoms with van der Waals surface area (Å²) in [6, 6.07) is 25.9. The Morgan fingerprint density at radius 1 is 0.941 bits per heavy atom. The van der Waals surface area contributed by atoms with Gasteiger partial charge in [-0.2, -0.15) is 0 Å². The van der Waals surface area contributed by atoms with E-state index in [1.807, 2.05) is 36.4 Å². The highest BCUT2D eigenvalue weighted by Crippen LogP contribution is 2.24. The monoisotopic (exact) mass is 497 g/mol. The summed E-state index contributed by atoms with van der Waals surface area (Å²) >= 11 is 5.95. The zero-order valence-electron chi connectivity index (χ0n) is 18.7. The van der Waals surface area contributed by atoms with E-state index < -0.39 is 16.1 Å². The molecule has 1 aliphatic heterocycles. The van der Waals surface area contributed by atoms with Crippen LogP contribution in [-0.2, 0) is 14.8 Å². The van der Waals surface area contributed by atoms with Crippen molar-refractivity contribution < 1.29 is 13.2 Å². The van der Waals surface area contributed by atoms with Crippen LogP contribution in [0.4, 0.5) is 0 Å². The first kappa shape index (κ1) is 24.4. The van der Waals surface area contributed by atoms with Gasteiger partial charge in [0.05, 0.1) is 10.8 Å². The normalized spacial score (nSPS) is 18.5. The van der Waals surface area contributed by atoms with E-state index in [0.717, 1.165) is 11.1 Å². The molecule has 178 valence electrons. The molecule has 1 aliphatic rings. The van der Waals surface area contributed by atoms with Crippen LogP contribution in [-0.4, -0.2) is 40.0 Å². The molecular weight excluding hydrogens is 470 g/mol. The number of halogens is 1. The molecule has 0 aliphatic carbocycles. The zero-order chi connectivity index (χ0) is 24.0. The standard InChI is InChI=1S/C26H28ClN3O3S/c27-22-12-7-13-24(15-22)34(32,33)30-23-14-21(16-28-17-23)26(31)29-18-25(19-8-3-1-4-9-19)20-10-5-2-6-11-20/h1-13,15,21,23,25,28,30H,14,16-18H2,(H,29,31)/t21-,23+/m0/s1. The van der Waals surface area contributed by atoms with Crippen LogP contribution >= 0.6 is 11.6 Å². The maximum absolute atomic E-state index is 13.0. The first-order chi connectivity index (χ1) is 16.4. The molecule has 1 amide bonds. The minimum absolute atomic E-state index is 0.0278. The van der Waals surface area contributed by atoms with Crippen molar-refractivity contribution in [1.82, 2.24) is 15.4 Å². The smallest absolute Gasteiger partial charge is 0.240 e. The molecule has 0 spiro atoms. The molecule has 0 unspecified atom stereocenters. The van der Waals surface area contributed by atoms with E-state index in [1.165, 1.54) is 12.1 Å². The van der Waals surface area contributed by atoms with Crippen LogP contribution in [0.3, 0.4) is 0 Å². The molecular formula is C26H28ClN3O3S. The molecule has 0 radical (unpaired) electrons. The number of hydrogen-bond acceptors (Lipinski definition) is 4. The Hall–Kier alpha value is -2.71. The second-order valence-electron chi connectivity index (χ2n) is 8.49. The van der Waals surface area contributed by atoms with Crippen LogP contribution < -0.4 is 15.4 Å². The molecule has 1 saturated heterocycles. The van der Waals surface area contributed by atoms with Crippen molar-refractivity contribution in [3.63, 3.8) is 0 Å². The first-order valence-electron chi connectivity index (χ1n) is 11.3. The summed E-state index contributed by atoms with van der Waals surface area (Å²) in [5.74, 6) is -0.399. The van der Waals surface area contributed by atoms with Crippen molar-refractivity contribution in [1.29, 1.82) is 0 Å². The molecule has 1 heterocycles. The van der Waals surface area contributed by atoms with Gasteiger partial charge in [0.1, 0.15) is 0 Å². The number of carbonyl (C=O) groups is 1. The number of nitrogens with one attached hydrogen (secondary N) is 3. The maximum atomic E-state index is 13.0. The second-order valence-corrected chi connectivity index (χ2v) is 10.6. The number of amides is 1. The number of sulfonamides is 1. The number of hydrogen-bond donors (Lipinski definition) is 3. The van der Waals surface area contributed by atoms with Crippen molar-refractivity contribution in [3.8, 4) is 0 Å². The van der Waals surface area contributed by atoms with E-state index in [-0.39, 0.29) is 22.6 Å². The Morgan fingerprint density at radius 2 is 1.59 bits per heavy atom. The van der Waals surface area contributed by atoms with Gasteiger partial charge in [-0.25, -0.2) is 13.1 Å². The second kappa shape index (κ2) is 11.1. The molecule has 34 heavy (non-hydrogen) atoms. The minimum atomic E-state index is -3.74. The van der Waals surface area contributed by atoms with Crippen molar-refractivity contribution in [2.45, 2.75) is 23.3 Å².